The second-order valence-electron chi connectivity index (χ2n) is 10.8. The van der Waals surface area contributed by atoms with Gasteiger partial charge in [-0.05, 0) is 68.6 Å². The van der Waals surface area contributed by atoms with Gasteiger partial charge in [-0.15, -0.1) is 0 Å². The van der Waals surface area contributed by atoms with Crippen LogP contribution in [0.5, 0.6) is 5.75 Å². The topological polar surface area (TPSA) is 99.7 Å². The molecule has 1 aliphatic carbocycles. The zero-order chi connectivity index (χ0) is 24.3. The Morgan fingerprint density at radius 1 is 1.33 bits per heavy atom. The van der Waals surface area contributed by atoms with Crippen LogP contribution < -0.4 is 4.18 Å². The first-order valence-corrected chi connectivity index (χ1v) is 13.6. The summed E-state index contributed by atoms with van der Waals surface area (Å²) in [5.41, 5.74) is 0.745. The number of nitrogens with one attached hydrogen (secondary N) is 1. The number of aromatic amines is 1. The van der Waals surface area contributed by atoms with Gasteiger partial charge in [0.1, 0.15) is 0 Å². The fraction of sp³-hybridized carbons (Fsp3) is 0.625. The molecule has 33 heavy (non-hydrogen) atoms. The molecule has 1 saturated carbocycles. The number of fused-ring (bicyclic) bond motifs is 3. The van der Waals surface area contributed by atoms with E-state index in [1.54, 1.807) is 18.3 Å². The van der Waals surface area contributed by atoms with Gasteiger partial charge in [0.15, 0.2) is 5.75 Å². The lowest BCUT2D eigenvalue weighted by molar-refractivity contribution is -0.154. The van der Waals surface area contributed by atoms with Crippen LogP contribution >= 0.6 is 11.6 Å². The molecule has 2 aromatic rings. The number of hydrogen-bond donors (Lipinski definition) is 2. The third-order valence-electron chi connectivity index (χ3n) is 7.18. The van der Waals surface area contributed by atoms with Gasteiger partial charge in [-0.3, -0.25) is 4.79 Å². The van der Waals surface area contributed by atoms with Crippen molar-refractivity contribution < 1.29 is 22.5 Å². The number of likely N-dealkylation sites (tertiary alicyclic amines) is 1. The van der Waals surface area contributed by atoms with Crippen LogP contribution in [0, 0.1) is 5.41 Å². The van der Waals surface area contributed by atoms with Crippen molar-refractivity contribution in [3.05, 3.63) is 28.9 Å². The second-order valence-corrected chi connectivity index (χ2v) is 12.8. The number of benzene rings is 1. The summed E-state index contributed by atoms with van der Waals surface area (Å²) in [5.74, 6) is -0.0735. The van der Waals surface area contributed by atoms with Crippen LogP contribution in [0.2, 0.25) is 5.02 Å². The number of carbonyl (C=O) groups excluding carboxylic acids is 1. The van der Waals surface area contributed by atoms with Crippen LogP contribution in [-0.4, -0.2) is 53.3 Å². The number of nitrogens with zero attached hydrogens (tertiary/aromatic N) is 1. The Balaban J connectivity index is 1.62. The molecular formula is C24H33ClN2O5S. The molecule has 2 N–H and O–H groups in total. The van der Waals surface area contributed by atoms with Gasteiger partial charge < -0.3 is 19.2 Å². The Bertz CT molecular complexity index is 1180. The third-order valence-corrected chi connectivity index (χ3v) is 7.95. The van der Waals surface area contributed by atoms with Crippen molar-refractivity contribution in [1.82, 2.24) is 9.88 Å². The van der Waals surface area contributed by atoms with Crippen LogP contribution in [-0.2, 0) is 14.9 Å². The molecule has 1 aromatic carbocycles. The maximum Gasteiger partial charge on any atom is 0.306 e. The molecule has 2 heterocycles. The summed E-state index contributed by atoms with van der Waals surface area (Å²) in [6.45, 7) is 8.13. The first-order valence-electron chi connectivity index (χ1n) is 11.4. The van der Waals surface area contributed by atoms with Gasteiger partial charge >= 0.3 is 10.1 Å². The molecule has 5 unspecified atom stereocenters. The van der Waals surface area contributed by atoms with E-state index in [1.165, 1.54) is 0 Å². The highest BCUT2D eigenvalue weighted by Gasteiger charge is 2.50. The fourth-order valence-corrected chi connectivity index (χ4v) is 7.19. The lowest BCUT2D eigenvalue weighted by Gasteiger charge is -2.56. The molecule has 5 atom stereocenters. The average Bonchev–Trinajstić information content (AvgIpc) is 3.05. The van der Waals surface area contributed by atoms with Crippen LogP contribution in [0.25, 0.3) is 10.9 Å². The van der Waals surface area contributed by atoms with Crippen molar-refractivity contribution in [2.45, 2.75) is 83.4 Å². The standard InChI is InChI=1S/C24H33ClN2O5S/c1-14(17-12-26-19-7-6-18(25)22(21(17)19)32-33(5,30)31)8-20(28)27-15(2)9-23(3)10-16(27)11-24(4,29)13-23/h6-7,12,14-16,26,29H,8-11,13H2,1-5H3. The summed E-state index contributed by atoms with van der Waals surface area (Å²) in [4.78, 5) is 18.6. The van der Waals surface area contributed by atoms with E-state index in [-0.39, 0.29) is 46.5 Å². The molecule has 7 nitrogen and oxygen atoms in total. The number of halogens is 1. The molecule has 4 rings (SSSR count). The van der Waals surface area contributed by atoms with Gasteiger partial charge in [0.2, 0.25) is 5.91 Å². The van der Waals surface area contributed by atoms with Crippen molar-refractivity contribution in [3.63, 3.8) is 0 Å². The Kier molecular flexibility index (Phi) is 6.03. The van der Waals surface area contributed by atoms with Gasteiger partial charge in [0.05, 0.1) is 16.9 Å². The molecule has 182 valence electrons. The van der Waals surface area contributed by atoms with E-state index in [0.29, 0.717) is 17.3 Å². The highest BCUT2D eigenvalue weighted by Crippen LogP contribution is 2.50. The molecule has 1 amide bonds. The zero-order valence-electron chi connectivity index (χ0n) is 19.8. The minimum Gasteiger partial charge on any atom is -0.390 e. The predicted molar refractivity (Wildman–Crippen MR) is 129 cm³/mol. The lowest BCUT2D eigenvalue weighted by atomic mass is 9.61. The lowest BCUT2D eigenvalue weighted by Crippen LogP contribution is -2.60. The van der Waals surface area contributed by atoms with E-state index in [9.17, 15) is 18.3 Å². The molecular weight excluding hydrogens is 464 g/mol. The number of hydrogen-bond acceptors (Lipinski definition) is 5. The second kappa shape index (κ2) is 8.17. The van der Waals surface area contributed by atoms with Crippen molar-refractivity contribution in [3.8, 4) is 5.75 Å². The number of aromatic nitrogens is 1. The third kappa shape index (κ3) is 4.88. The van der Waals surface area contributed by atoms with Crippen LogP contribution in [0.15, 0.2) is 18.3 Å². The van der Waals surface area contributed by atoms with Crippen LogP contribution in [0.3, 0.4) is 0 Å². The summed E-state index contributed by atoms with van der Waals surface area (Å²) in [6.07, 6.45) is 6.15. The Morgan fingerprint density at radius 3 is 2.70 bits per heavy atom. The number of rotatable bonds is 5. The SMILES string of the molecule is CC(CC(=O)N1C(C)CC2(C)CC1CC(C)(O)C2)c1c[nH]c2ccc(Cl)c(OS(C)(=O)=O)c12. The number of H-pyrrole nitrogens is 1. The molecule has 9 heteroatoms. The van der Waals surface area contributed by atoms with Crippen molar-refractivity contribution in [2.75, 3.05) is 6.26 Å². The van der Waals surface area contributed by atoms with Gasteiger partial charge in [0.25, 0.3) is 0 Å². The largest absolute Gasteiger partial charge is 0.390 e. The van der Waals surface area contributed by atoms with Crippen LogP contribution in [0.4, 0.5) is 0 Å². The Morgan fingerprint density at radius 2 is 2.03 bits per heavy atom. The highest BCUT2D eigenvalue weighted by atomic mass is 35.5. The number of amides is 1. The van der Waals surface area contributed by atoms with Crippen molar-refractivity contribution >= 4 is 38.5 Å². The number of carbonyl (C=O) groups is 1. The molecule has 1 saturated heterocycles. The molecule has 0 radical (unpaired) electrons. The Labute approximate surface area is 200 Å². The fourth-order valence-electron chi connectivity index (χ4n) is 6.48. The minimum absolute atomic E-state index is 0.0174. The Hall–Kier alpha value is -1.77. The summed E-state index contributed by atoms with van der Waals surface area (Å²) in [6, 6.07) is 3.47. The molecule has 2 aliphatic rings. The summed E-state index contributed by atoms with van der Waals surface area (Å²) < 4.78 is 28.9. The number of piperidine rings is 1. The van der Waals surface area contributed by atoms with Crippen molar-refractivity contribution in [2.24, 2.45) is 5.41 Å². The van der Waals surface area contributed by atoms with E-state index in [4.69, 9.17) is 15.8 Å². The molecule has 2 bridgehead atoms. The van der Waals surface area contributed by atoms with Crippen molar-refractivity contribution in [1.29, 1.82) is 0 Å². The molecule has 0 spiro atoms. The molecule has 1 aliphatic heterocycles. The van der Waals surface area contributed by atoms with Gasteiger partial charge in [-0.2, -0.15) is 8.42 Å². The smallest absolute Gasteiger partial charge is 0.306 e. The quantitative estimate of drug-likeness (QED) is 0.590. The monoisotopic (exact) mass is 496 g/mol. The van der Waals surface area contributed by atoms with Gasteiger partial charge in [0, 0.05) is 35.6 Å². The van der Waals surface area contributed by atoms with E-state index in [2.05, 4.69) is 18.8 Å². The summed E-state index contributed by atoms with van der Waals surface area (Å²) in [5, 5.41) is 11.6. The number of aliphatic hydroxyl groups is 1. The highest BCUT2D eigenvalue weighted by molar-refractivity contribution is 7.86. The maximum absolute atomic E-state index is 13.5. The first-order chi connectivity index (χ1) is 15.2. The zero-order valence-corrected chi connectivity index (χ0v) is 21.4. The van der Waals surface area contributed by atoms with E-state index in [0.717, 1.165) is 31.1 Å². The van der Waals surface area contributed by atoms with Crippen LogP contribution in [0.1, 0.15) is 71.3 Å². The van der Waals surface area contributed by atoms with Gasteiger partial charge in [-0.1, -0.05) is 25.4 Å². The minimum atomic E-state index is -3.78. The molecule has 1 aromatic heterocycles. The van der Waals surface area contributed by atoms with E-state index >= 15 is 0 Å². The molecule has 2 fully saturated rings. The first kappa shape index (κ1) is 24.4. The van der Waals surface area contributed by atoms with E-state index in [1.807, 2.05) is 18.7 Å². The summed E-state index contributed by atoms with van der Waals surface area (Å²) >= 11 is 6.29. The summed E-state index contributed by atoms with van der Waals surface area (Å²) in [7, 11) is -3.78. The van der Waals surface area contributed by atoms with E-state index < -0.39 is 15.7 Å². The van der Waals surface area contributed by atoms with Gasteiger partial charge in [-0.25, -0.2) is 0 Å². The normalized spacial score (nSPS) is 30.9. The predicted octanol–water partition coefficient (Wildman–Crippen LogP) is 4.58. The maximum atomic E-state index is 13.5. The average molecular weight is 497 g/mol.